The van der Waals surface area contributed by atoms with E-state index in [0.717, 1.165) is 33.1 Å². The summed E-state index contributed by atoms with van der Waals surface area (Å²) < 4.78 is 1.97. The molecular weight excluding hydrogens is 366 g/mol. The van der Waals surface area contributed by atoms with Gasteiger partial charge in [0.25, 0.3) is 16.8 Å². The average Bonchev–Trinajstić information content (AvgIpc) is 3.16. The van der Waals surface area contributed by atoms with Gasteiger partial charge in [0.2, 0.25) is 0 Å². The van der Waals surface area contributed by atoms with Gasteiger partial charge in [-0.3, -0.25) is 19.7 Å². The molecule has 1 aromatic heterocycles. The Bertz CT molecular complexity index is 1120. The number of nitro groups is 1. The summed E-state index contributed by atoms with van der Waals surface area (Å²) in [4.78, 5) is 36.1. The van der Waals surface area contributed by atoms with Gasteiger partial charge >= 0.3 is 0 Å². The Morgan fingerprint density at radius 2 is 1.81 bits per heavy atom. The lowest BCUT2D eigenvalue weighted by molar-refractivity contribution is -0.384. The maximum atomic E-state index is 12.3. The third kappa shape index (κ3) is 2.89. The van der Waals surface area contributed by atoms with E-state index >= 15 is 0 Å². The van der Waals surface area contributed by atoms with Gasteiger partial charge in [-0.2, -0.15) is 0 Å². The number of carbonyl (C=O) groups is 2. The highest BCUT2D eigenvalue weighted by molar-refractivity contribution is 8.18. The highest BCUT2D eigenvalue weighted by atomic mass is 32.2. The van der Waals surface area contributed by atoms with Crippen molar-refractivity contribution in [2.45, 2.75) is 6.54 Å². The van der Waals surface area contributed by atoms with Crippen LogP contribution in [0.4, 0.5) is 16.2 Å². The maximum absolute atomic E-state index is 12.3. The monoisotopic (exact) mass is 379 g/mol. The number of non-ortho nitro benzene ring substituents is 1. The van der Waals surface area contributed by atoms with Crippen molar-refractivity contribution in [3.05, 3.63) is 81.9 Å². The molecule has 1 aliphatic rings. The molecule has 1 fully saturated rings. The van der Waals surface area contributed by atoms with Crippen LogP contribution >= 0.6 is 11.8 Å². The molecule has 0 unspecified atom stereocenters. The Morgan fingerprint density at radius 3 is 2.44 bits per heavy atom. The first-order chi connectivity index (χ1) is 13.0. The molecule has 2 amide bonds. The van der Waals surface area contributed by atoms with Crippen molar-refractivity contribution in [1.82, 2.24) is 4.57 Å². The molecule has 0 spiro atoms. The topological polar surface area (TPSA) is 85.4 Å². The largest absolute Gasteiger partial charge is 0.343 e. The van der Waals surface area contributed by atoms with Crippen molar-refractivity contribution in [3.63, 3.8) is 0 Å². The van der Waals surface area contributed by atoms with Crippen LogP contribution in [0.3, 0.4) is 0 Å². The van der Waals surface area contributed by atoms with Crippen molar-refractivity contribution in [2.75, 3.05) is 4.90 Å². The minimum Gasteiger partial charge on any atom is -0.343 e. The Kier molecular flexibility index (Phi) is 4.04. The quantitative estimate of drug-likeness (QED) is 0.383. The molecule has 1 saturated heterocycles. The number of anilines is 1. The van der Waals surface area contributed by atoms with Crippen molar-refractivity contribution >= 4 is 45.2 Å². The van der Waals surface area contributed by atoms with E-state index in [2.05, 4.69) is 6.58 Å². The molecule has 0 aliphatic carbocycles. The molecule has 1 aliphatic heterocycles. The molecule has 8 heteroatoms. The van der Waals surface area contributed by atoms with E-state index in [-0.39, 0.29) is 15.8 Å². The first kappa shape index (κ1) is 17.0. The summed E-state index contributed by atoms with van der Waals surface area (Å²) in [6.07, 6.45) is 1.86. The summed E-state index contributed by atoms with van der Waals surface area (Å²) in [5.74, 6) is -0.402. The fourth-order valence-corrected chi connectivity index (χ4v) is 3.73. The third-order valence-electron chi connectivity index (χ3n) is 4.37. The third-order valence-corrected chi connectivity index (χ3v) is 5.14. The van der Waals surface area contributed by atoms with E-state index in [0.29, 0.717) is 12.2 Å². The second-order valence-electron chi connectivity index (χ2n) is 6.01. The van der Waals surface area contributed by atoms with Crippen molar-refractivity contribution in [1.29, 1.82) is 0 Å². The van der Waals surface area contributed by atoms with Crippen LogP contribution in [0.5, 0.6) is 0 Å². The number of aromatic nitrogens is 1. The minimum atomic E-state index is -0.433. The van der Waals surface area contributed by atoms with Crippen LogP contribution in [0.25, 0.3) is 10.9 Å². The SMILES string of the molecule is C=C1SC(=O)N(c2cccc3c2ccn3Cc2ccc([N+](=O)[O-])cc2)C1=O. The summed E-state index contributed by atoms with van der Waals surface area (Å²) in [5, 5.41) is 11.2. The normalized spacial score (nSPS) is 14.4. The number of nitro benzene ring substituents is 1. The number of fused-ring (bicyclic) bond motifs is 1. The summed E-state index contributed by atoms with van der Waals surface area (Å²) in [6, 6.07) is 13.6. The maximum Gasteiger partial charge on any atom is 0.298 e. The van der Waals surface area contributed by atoms with Crippen LogP contribution in [0.1, 0.15) is 5.56 Å². The number of hydrogen-bond acceptors (Lipinski definition) is 5. The van der Waals surface area contributed by atoms with Crippen LogP contribution < -0.4 is 4.90 Å². The number of hydrogen-bond donors (Lipinski definition) is 0. The van der Waals surface area contributed by atoms with Crippen LogP contribution in [0, 0.1) is 10.1 Å². The molecule has 4 rings (SSSR count). The van der Waals surface area contributed by atoms with Crippen molar-refractivity contribution in [2.24, 2.45) is 0 Å². The second-order valence-corrected chi connectivity index (χ2v) is 7.06. The van der Waals surface area contributed by atoms with E-state index < -0.39 is 10.8 Å². The van der Waals surface area contributed by atoms with Crippen LogP contribution in [-0.4, -0.2) is 20.6 Å². The first-order valence-corrected chi connectivity index (χ1v) is 8.84. The molecule has 0 radical (unpaired) electrons. The summed E-state index contributed by atoms with van der Waals surface area (Å²) in [5.41, 5.74) is 2.33. The first-order valence-electron chi connectivity index (χ1n) is 8.02. The van der Waals surface area contributed by atoms with E-state index in [1.807, 2.05) is 22.9 Å². The predicted octanol–water partition coefficient (Wildman–Crippen LogP) is 4.31. The summed E-state index contributed by atoms with van der Waals surface area (Å²) in [6.45, 7) is 4.13. The van der Waals surface area contributed by atoms with Gasteiger partial charge in [0.1, 0.15) is 0 Å². The zero-order valence-electron chi connectivity index (χ0n) is 14.0. The number of imide groups is 1. The van der Waals surface area contributed by atoms with E-state index in [1.54, 1.807) is 24.3 Å². The summed E-state index contributed by atoms with van der Waals surface area (Å²) >= 11 is 0.834. The van der Waals surface area contributed by atoms with Gasteiger partial charge < -0.3 is 4.57 Å². The van der Waals surface area contributed by atoms with Crippen LogP contribution in [0.15, 0.2) is 66.2 Å². The van der Waals surface area contributed by atoms with Gasteiger partial charge in [0.15, 0.2) is 0 Å². The van der Waals surface area contributed by atoms with E-state index in [9.17, 15) is 19.7 Å². The number of benzene rings is 2. The smallest absolute Gasteiger partial charge is 0.298 e. The standard InChI is InChI=1S/C19H13N3O4S/c1-12-18(23)21(19(24)27-12)17-4-2-3-16-15(17)9-10-20(16)11-13-5-7-14(8-6-13)22(25)26/h2-10H,1,11H2. The molecular formula is C19H13N3O4S. The molecule has 27 heavy (non-hydrogen) atoms. The molecule has 0 saturated carbocycles. The molecule has 0 N–H and O–H groups in total. The molecule has 134 valence electrons. The van der Waals surface area contributed by atoms with Gasteiger partial charge in [-0.1, -0.05) is 24.8 Å². The number of nitrogens with zero attached hydrogens (tertiary/aromatic N) is 3. The number of thioether (sulfide) groups is 1. The second kappa shape index (κ2) is 6.40. The Morgan fingerprint density at radius 1 is 1.07 bits per heavy atom. The van der Waals surface area contributed by atoms with Gasteiger partial charge in [0.05, 0.1) is 21.0 Å². The fourth-order valence-electron chi connectivity index (χ4n) is 3.07. The molecule has 2 heterocycles. The number of rotatable bonds is 4. The van der Waals surface area contributed by atoms with E-state index in [1.165, 1.54) is 12.1 Å². The van der Waals surface area contributed by atoms with Gasteiger partial charge in [-0.15, -0.1) is 0 Å². The highest BCUT2D eigenvalue weighted by Crippen LogP contribution is 2.37. The molecule has 2 aromatic carbocycles. The lowest BCUT2D eigenvalue weighted by Gasteiger charge is -2.14. The molecule has 0 bridgehead atoms. The molecule has 7 nitrogen and oxygen atoms in total. The lowest BCUT2D eigenvalue weighted by atomic mass is 10.2. The fraction of sp³-hybridized carbons (Fsp3) is 0.0526. The lowest BCUT2D eigenvalue weighted by Crippen LogP contribution is -2.27. The van der Waals surface area contributed by atoms with Gasteiger partial charge in [0, 0.05) is 30.3 Å². The van der Waals surface area contributed by atoms with Crippen LogP contribution in [0.2, 0.25) is 0 Å². The Balaban J connectivity index is 1.70. The zero-order valence-corrected chi connectivity index (χ0v) is 14.8. The molecule has 0 atom stereocenters. The van der Waals surface area contributed by atoms with Crippen LogP contribution in [-0.2, 0) is 11.3 Å². The van der Waals surface area contributed by atoms with Gasteiger partial charge in [-0.25, -0.2) is 4.90 Å². The Hall–Kier alpha value is -3.39. The minimum absolute atomic E-state index is 0.0437. The Labute approximate surface area is 158 Å². The van der Waals surface area contributed by atoms with Crippen molar-refractivity contribution in [3.8, 4) is 0 Å². The average molecular weight is 379 g/mol. The summed E-state index contributed by atoms with van der Waals surface area (Å²) in [7, 11) is 0. The molecule has 3 aromatic rings. The zero-order chi connectivity index (χ0) is 19.1. The van der Waals surface area contributed by atoms with Crippen molar-refractivity contribution < 1.29 is 14.5 Å². The predicted molar refractivity (Wildman–Crippen MR) is 104 cm³/mol. The number of amides is 2. The van der Waals surface area contributed by atoms with Gasteiger partial charge in [-0.05, 0) is 35.5 Å². The highest BCUT2D eigenvalue weighted by Gasteiger charge is 2.36. The number of carbonyl (C=O) groups excluding carboxylic acids is 2. The van der Waals surface area contributed by atoms with E-state index in [4.69, 9.17) is 0 Å².